The molecule has 452 valence electrons. The molecule has 1 unspecified atom stereocenters. The molecular weight excluding hydrogens is 1100 g/mol. The van der Waals surface area contributed by atoms with E-state index >= 15 is 0 Å². The summed E-state index contributed by atoms with van der Waals surface area (Å²) in [5, 5.41) is 7.94. The highest BCUT2D eigenvalue weighted by Gasteiger charge is 2.67. The number of allylic oxidation sites excluding steroid dienone is 1. The summed E-state index contributed by atoms with van der Waals surface area (Å²) in [7, 11) is 2.66. The molecule has 2 heterocycles. The Labute approximate surface area is 501 Å². The Hall–Kier alpha value is -5.32. The van der Waals surface area contributed by atoms with Gasteiger partial charge in [-0.2, -0.15) is 0 Å². The van der Waals surface area contributed by atoms with Crippen LogP contribution in [0.4, 0.5) is 0 Å². The van der Waals surface area contributed by atoms with E-state index in [1.54, 1.807) is 0 Å². The summed E-state index contributed by atoms with van der Waals surface area (Å²) < 4.78 is 37.2. The molecule has 4 aliphatic rings. The zero-order valence-electron chi connectivity index (χ0n) is 52.6. The van der Waals surface area contributed by atoms with Crippen LogP contribution >= 0.6 is 12.6 Å². The molecule has 0 N–H and O–H groups in total. The SMILES string of the molecule is CC1CC(=O)[C@]2(O[Si](C)(C)C(C)(C)C)C(=O)c3c(OCc4ccccc4)noc3[C@@H](N(C)C)[C@@H]2C1.CCN(CC)CC.CN(C)[C@@H]1c2onc(OCc3ccccc3)c2C(=O)[C@@]2(O[Si](C)(C)C(C)(C)C)C(=O)C=CC[C@@H]12.Sc1ccccc1. The van der Waals surface area contributed by atoms with Crippen LogP contribution in [-0.4, -0.2) is 124 Å². The average molecular weight is 1190 g/mol. The lowest BCUT2D eigenvalue weighted by Gasteiger charge is -2.53. The van der Waals surface area contributed by atoms with E-state index in [4.69, 9.17) is 27.4 Å². The molecule has 7 atom stereocenters. The first-order valence-corrected chi connectivity index (χ1v) is 35.6. The number of hydrogen-bond acceptors (Lipinski definition) is 16. The van der Waals surface area contributed by atoms with E-state index in [2.05, 4.69) is 123 Å². The number of carbonyl (C=O) groups excluding carboxylic acids is 4. The molecule has 1 fully saturated rings. The van der Waals surface area contributed by atoms with Crippen LogP contribution in [0.5, 0.6) is 11.8 Å². The van der Waals surface area contributed by atoms with Crippen molar-refractivity contribution in [2.45, 2.75) is 166 Å². The number of rotatable bonds is 15. The number of carbonyl (C=O) groups is 4. The molecule has 2 aromatic heterocycles. The van der Waals surface area contributed by atoms with Crippen molar-refractivity contribution in [3.8, 4) is 11.8 Å². The lowest BCUT2D eigenvalue weighted by molar-refractivity contribution is -0.146. The molecule has 0 amide bonds. The number of Topliss-reactive ketones (excluding diaryl/α,β-unsaturated/α-hetero) is 3. The van der Waals surface area contributed by atoms with E-state index in [0.717, 1.165) is 16.0 Å². The van der Waals surface area contributed by atoms with Crippen LogP contribution < -0.4 is 9.47 Å². The number of ether oxygens (including phenoxy) is 2. The van der Waals surface area contributed by atoms with Crippen molar-refractivity contribution in [1.29, 1.82) is 0 Å². The summed E-state index contributed by atoms with van der Waals surface area (Å²) >= 11 is 4.08. The van der Waals surface area contributed by atoms with Crippen LogP contribution in [0.15, 0.2) is 117 Å². The second-order valence-corrected chi connectivity index (χ2v) is 35.8. The van der Waals surface area contributed by atoms with Gasteiger partial charge in [-0.25, -0.2) is 0 Å². The minimum atomic E-state index is -2.53. The van der Waals surface area contributed by atoms with Crippen molar-refractivity contribution in [1.82, 2.24) is 25.0 Å². The third kappa shape index (κ3) is 14.3. The molecule has 83 heavy (non-hydrogen) atoms. The van der Waals surface area contributed by atoms with Crippen molar-refractivity contribution >= 4 is 52.4 Å². The van der Waals surface area contributed by atoms with Gasteiger partial charge in [-0.3, -0.25) is 29.0 Å². The average Bonchev–Trinajstić information content (AvgIpc) is 3.99. The molecule has 0 bridgehead atoms. The highest BCUT2D eigenvalue weighted by Crippen LogP contribution is 2.57. The summed E-state index contributed by atoms with van der Waals surface area (Å²) in [5.74, 6) is -0.728. The summed E-state index contributed by atoms with van der Waals surface area (Å²) in [6.07, 6.45) is 4.86. The molecule has 15 nitrogen and oxygen atoms in total. The Morgan fingerprint density at radius 3 is 1.39 bits per heavy atom. The fraction of sp³-hybridized carbons (Fsp3) is 0.538. The predicted octanol–water partition coefficient (Wildman–Crippen LogP) is 13.7. The Bertz CT molecular complexity index is 3000. The molecule has 4 aliphatic carbocycles. The number of aromatic nitrogens is 2. The number of nitrogens with zero attached hydrogens (tertiary/aromatic N) is 5. The molecule has 9 rings (SSSR count). The van der Waals surface area contributed by atoms with Gasteiger partial charge in [0.1, 0.15) is 24.3 Å². The Morgan fingerprint density at radius 2 is 1.01 bits per heavy atom. The molecule has 3 aromatic carbocycles. The third-order valence-electron chi connectivity index (χ3n) is 17.6. The van der Waals surface area contributed by atoms with Gasteiger partial charge in [0.25, 0.3) is 11.8 Å². The lowest BCUT2D eigenvalue weighted by Crippen LogP contribution is -2.67. The zero-order chi connectivity index (χ0) is 61.5. The fourth-order valence-corrected chi connectivity index (χ4v) is 14.1. The summed E-state index contributed by atoms with van der Waals surface area (Å²) in [6, 6.07) is 28.4. The standard InChI is InChI=1S/C27H38N2O5Si.C26H34N2O5Si.C6H15N.C6H6S/c1-17-14-19-22(29(5)6)23-21(25(28-33-23)32-16-18-12-10-9-11-13-18)24(31)27(19,20(30)15-17)34-35(7,8)26(2,3)4;1-25(2,3)34(6,7)33-26-18(14-11-15-19(26)29)21(28(4)5)22-20(23(26)30)24(27-32-22)31-16-17-12-9-8-10-13-17;1-4-7(5-2)6-3;7-6-4-2-1-3-5-6/h9-13,17,19,22H,14-16H2,1-8H3;8-13,15,18,21H,14,16H2,1-7H3;4-6H2,1-3H3;1-5,7H/t17?,19-,22-,27-;18-,21-,26-;;/m00../s1. The third-order valence-corrected chi connectivity index (χ3v) is 26.8. The Balaban J connectivity index is 0.000000216. The van der Waals surface area contributed by atoms with Crippen molar-refractivity contribution in [3.63, 3.8) is 0 Å². The van der Waals surface area contributed by atoms with Crippen molar-refractivity contribution in [2.75, 3.05) is 47.8 Å². The van der Waals surface area contributed by atoms with E-state index in [1.807, 2.05) is 135 Å². The summed E-state index contributed by atoms with van der Waals surface area (Å²) in [5.41, 5.74) is -0.840. The number of benzene rings is 3. The first-order valence-electron chi connectivity index (χ1n) is 29.3. The van der Waals surface area contributed by atoms with Crippen molar-refractivity contribution in [3.05, 3.63) is 137 Å². The largest absolute Gasteiger partial charge is 0.470 e. The van der Waals surface area contributed by atoms with Gasteiger partial charge in [-0.1, -0.05) is 154 Å². The maximum absolute atomic E-state index is 14.4. The zero-order valence-corrected chi connectivity index (χ0v) is 55.5. The van der Waals surface area contributed by atoms with Gasteiger partial charge in [0.15, 0.2) is 50.9 Å². The maximum atomic E-state index is 14.4. The fourth-order valence-electron chi connectivity index (χ4n) is 11.0. The van der Waals surface area contributed by atoms with Gasteiger partial charge in [0.2, 0.25) is 11.6 Å². The van der Waals surface area contributed by atoms with Gasteiger partial charge in [-0.05, 0) is 142 Å². The van der Waals surface area contributed by atoms with Crippen molar-refractivity contribution < 1.29 is 46.6 Å². The smallest absolute Gasteiger partial charge is 0.265 e. The molecule has 0 spiro atoms. The minimum Gasteiger partial charge on any atom is -0.470 e. The summed E-state index contributed by atoms with van der Waals surface area (Å²) in [4.78, 5) is 63.7. The van der Waals surface area contributed by atoms with Crippen LogP contribution in [0, 0.1) is 17.8 Å². The van der Waals surface area contributed by atoms with Crippen molar-refractivity contribution in [2.24, 2.45) is 17.8 Å². The quantitative estimate of drug-likeness (QED) is 0.0597. The highest BCUT2D eigenvalue weighted by atomic mass is 32.1. The summed E-state index contributed by atoms with van der Waals surface area (Å²) in [6.45, 7) is 33.7. The van der Waals surface area contributed by atoms with Gasteiger partial charge in [0.05, 0.1) is 12.1 Å². The first kappa shape index (κ1) is 66.8. The van der Waals surface area contributed by atoms with Crippen LogP contribution in [0.2, 0.25) is 36.3 Å². The van der Waals surface area contributed by atoms with E-state index in [9.17, 15) is 19.2 Å². The normalized spacial score (nSPS) is 23.2. The van der Waals surface area contributed by atoms with Gasteiger partial charge in [0, 0.05) is 23.2 Å². The Kier molecular flexibility index (Phi) is 22.0. The first-order chi connectivity index (χ1) is 38.9. The van der Waals surface area contributed by atoms with E-state index in [1.165, 1.54) is 25.7 Å². The molecular formula is C65H93N5O10SSi2. The topological polar surface area (TPSA) is 167 Å². The number of hydrogen-bond donors (Lipinski definition) is 1. The number of ketones is 4. The van der Waals surface area contributed by atoms with E-state index in [-0.39, 0.29) is 87.4 Å². The van der Waals surface area contributed by atoms with E-state index in [0.29, 0.717) is 30.8 Å². The number of fused-ring (bicyclic) bond motifs is 4. The molecule has 0 aliphatic heterocycles. The van der Waals surface area contributed by atoms with Crippen LogP contribution in [0.3, 0.4) is 0 Å². The van der Waals surface area contributed by atoms with Crippen LogP contribution in [0.1, 0.15) is 144 Å². The molecule has 1 saturated carbocycles. The monoisotopic (exact) mass is 1190 g/mol. The molecule has 5 aromatic rings. The number of thiol groups is 1. The highest BCUT2D eigenvalue weighted by molar-refractivity contribution is 7.80. The predicted molar refractivity (Wildman–Crippen MR) is 334 cm³/mol. The van der Waals surface area contributed by atoms with Gasteiger partial charge < -0.3 is 32.3 Å². The molecule has 18 heteroatoms. The molecule has 0 radical (unpaired) electrons. The van der Waals surface area contributed by atoms with Gasteiger partial charge >= 0.3 is 0 Å². The maximum Gasteiger partial charge on any atom is 0.265 e. The van der Waals surface area contributed by atoms with E-state index < -0.39 is 39.5 Å². The van der Waals surface area contributed by atoms with Crippen LogP contribution in [0.25, 0.3) is 0 Å². The lowest BCUT2D eigenvalue weighted by atomic mass is 9.61. The Morgan fingerprint density at radius 1 is 0.614 bits per heavy atom. The van der Waals surface area contributed by atoms with Gasteiger partial charge in [-0.15, -0.1) is 12.6 Å². The molecule has 0 saturated heterocycles. The van der Waals surface area contributed by atoms with Crippen LogP contribution in [-0.2, 0) is 31.7 Å². The second kappa shape index (κ2) is 27.4. The minimum absolute atomic E-state index is 0.106. The second-order valence-electron chi connectivity index (χ2n) is 25.8.